The van der Waals surface area contributed by atoms with Gasteiger partial charge in [-0.2, -0.15) is 0 Å². The van der Waals surface area contributed by atoms with Gasteiger partial charge in [0.05, 0.1) is 16.3 Å². The van der Waals surface area contributed by atoms with Gasteiger partial charge in [0.2, 0.25) is 0 Å². The van der Waals surface area contributed by atoms with Crippen LogP contribution in [0.5, 0.6) is 0 Å². The lowest BCUT2D eigenvalue weighted by Gasteiger charge is -2.26. The van der Waals surface area contributed by atoms with Crippen LogP contribution in [0.3, 0.4) is 0 Å². The van der Waals surface area contributed by atoms with E-state index in [0.717, 1.165) is 73.4 Å². The van der Waals surface area contributed by atoms with E-state index in [-0.39, 0.29) is 12.4 Å². The number of anilines is 1. The summed E-state index contributed by atoms with van der Waals surface area (Å²) < 4.78 is 9.51. The second kappa shape index (κ2) is 22.3. The maximum atomic E-state index is 10.6. The number of piperidine rings is 1. The molecule has 3 aliphatic heterocycles. The Kier molecular flexibility index (Phi) is 21.6. The van der Waals surface area contributed by atoms with Crippen molar-refractivity contribution in [2.75, 3.05) is 65.7 Å². The predicted octanol–water partition coefficient (Wildman–Crippen LogP) is 8.19. The summed E-state index contributed by atoms with van der Waals surface area (Å²) in [4.78, 5) is 27.4. The third-order valence-corrected chi connectivity index (χ3v) is 7.14. The zero-order valence-electron chi connectivity index (χ0n) is 24.8. The van der Waals surface area contributed by atoms with Crippen LogP contribution in [0.4, 0.5) is 5.69 Å². The van der Waals surface area contributed by atoms with Gasteiger partial charge in [-0.25, -0.2) is 0 Å². The minimum Gasteiger partial charge on any atom is -0.515 e. The van der Waals surface area contributed by atoms with Gasteiger partial charge < -0.3 is 15.3 Å². The number of nitrogens with one attached hydrogen (secondary N) is 1. The van der Waals surface area contributed by atoms with Crippen LogP contribution in [0, 0.1) is 0 Å². The van der Waals surface area contributed by atoms with Crippen molar-refractivity contribution in [2.45, 2.75) is 12.8 Å². The zero-order chi connectivity index (χ0) is 32.6. The average Bonchev–Trinajstić information content (AvgIpc) is 2.96. The van der Waals surface area contributed by atoms with Gasteiger partial charge >= 0.3 is 5.20 Å². The molecular weight excluding hydrogens is 712 g/mol. The van der Waals surface area contributed by atoms with E-state index in [1.165, 1.54) is 0 Å². The van der Waals surface area contributed by atoms with Crippen LogP contribution in [0.2, 0.25) is 0 Å². The Hall–Kier alpha value is -1.29. The van der Waals surface area contributed by atoms with Crippen LogP contribution in [0.15, 0.2) is 87.8 Å². The Labute approximate surface area is 291 Å². The highest BCUT2D eigenvalue weighted by Gasteiger charge is 2.19. The maximum absolute atomic E-state index is 10.6. The highest BCUT2D eigenvalue weighted by atomic mass is 36.0. The van der Waals surface area contributed by atoms with E-state index in [1.54, 1.807) is 0 Å². The van der Waals surface area contributed by atoms with Gasteiger partial charge in [0.25, 0.3) is 0 Å². The lowest BCUT2D eigenvalue weighted by molar-refractivity contribution is -0.121. The van der Waals surface area contributed by atoms with Crippen molar-refractivity contribution in [1.29, 1.82) is 0 Å². The number of halogens is 6. The third-order valence-electron chi connectivity index (χ3n) is 6.16. The maximum Gasteiger partial charge on any atom is 0.339 e. The van der Waals surface area contributed by atoms with Crippen molar-refractivity contribution in [3.05, 3.63) is 87.8 Å². The third kappa shape index (κ3) is 18.0. The largest absolute Gasteiger partial charge is 0.515 e. The summed E-state index contributed by atoms with van der Waals surface area (Å²) in [7, 11) is 5.98. The van der Waals surface area contributed by atoms with Crippen LogP contribution in [0.25, 0.3) is 0 Å². The normalized spacial score (nSPS) is 19.9. The Morgan fingerprint density at radius 3 is 1.80 bits per heavy atom. The summed E-state index contributed by atoms with van der Waals surface area (Å²) in [6, 6.07) is 10.0. The molecule has 1 fully saturated rings. The molecule has 246 valence electrons. The molecule has 0 spiro atoms. The Morgan fingerprint density at radius 2 is 1.34 bits per heavy atom. The molecule has 3 aliphatic rings. The molecular formula is C29H39Cl6N4O4P. The van der Waals surface area contributed by atoms with Crippen LogP contribution < -0.4 is 5.32 Å². The van der Waals surface area contributed by atoms with Gasteiger partial charge in [-0.05, 0) is 72.6 Å². The number of aldehydes is 1. The molecule has 44 heavy (non-hydrogen) atoms. The number of nitrogens with zero attached hydrogens (tertiary/aromatic N) is 3. The number of ketones is 1. The lowest BCUT2D eigenvalue weighted by atomic mass is 10.1. The first-order valence-corrected chi connectivity index (χ1v) is 18.3. The number of benzene rings is 1. The Bertz CT molecular complexity index is 1250. The van der Waals surface area contributed by atoms with Gasteiger partial charge in [-0.1, -0.05) is 54.1 Å². The molecule has 0 aromatic heterocycles. The summed E-state index contributed by atoms with van der Waals surface area (Å²) in [6.07, 6.45) is 6.99. The summed E-state index contributed by atoms with van der Waals surface area (Å²) in [5.74, 6) is 0.420. The number of aliphatic hydroxyl groups excluding tert-OH is 1. The number of hydrogen-bond acceptors (Lipinski definition) is 8. The molecule has 1 aromatic rings. The molecule has 0 radical (unpaired) electrons. The van der Waals surface area contributed by atoms with E-state index in [9.17, 15) is 14.2 Å². The fourth-order valence-electron chi connectivity index (χ4n) is 3.99. The molecule has 2 N–H and O–H groups in total. The number of carbonyl (C=O) groups is 2. The number of rotatable bonds is 4. The first kappa shape index (κ1) is 42.7. The van der Waals surface area contributed by atoms with Crippen LogP contribution in [-0.2, 0) is 14.2 Å². The van der Waals surface area contributed by atoms with Crippen molar-refractivity contribution >= 4 is 92.3 Å². The number of carbonyl (C=O) groups excluding carboxylic acids is 2. The predicted molar refractivity (Wildman–Crippen MR) is 190 cm³/mol. The smallest absolute Gasteiger partial charge is 0.339 e. The van der Waals surface area contributed by atoms with Crippen molar-refractivity contribution in [2.24, 2.45) is 0 Å². The molecule has 4 rings (SSSR count). The van der Waals surface area contributed by atoms with Crippen LogP contribution in [0.1, 0.15) is 12.8 Å². The Morgan fingerprint density at radius 1 is 0.864 bits per heavy atom. The number of likely N-dealkylation sites (N-methyl/N-ethyl adjacent to an activating group) is 2. The van der Waals surface area contributed by atoms with E-state index in [4.69, 9.17) is 28.3 Å². The van der Waals surface area contributed by atoms with Gasteiger partial charge in [-0.3, -0.25) is 24.0 Å². The number of para-hydroxylation sites is 1. The van der Waals surface area contributed by atoms with E-state index in [2.05, 4.69) is 62.5 Å². The number of Topliss-reactive ketones (excluding diaryl/α,β-unsaturated/α-hetero) is 1. The first-order chi connectivity index (χ1) is 20.2. The molecule has 15 heteroatoms. The summed E-state index contributed by atoms with van der Waals surface area (Å²) in [5, 5.41) is 10.0. The molecule has 0 saturated carbocycles. The van der Waals surface area contributed by atoms with Crippen molar-refractivity contribution in [3.8, 4) is 0 Å². The number of aliphatic hydroxyl groups is 1. The highest BCUT2D eigenvalue weighted by Crippen LogP contribution is 2.61. The first-order valence-electron chi connectivity index (χ1n) is 13.1. The molecule has 0 atom stereocenters. The van der Waals surface area contributed by atoms with Gasteiger partial charge in [0, 0.05) is 80.7 Å². The SMILES string of the molecule is C=CC1=C(Cl)/C(=C/Nc2ccccc2)CN(C)C1.CN1CC(C=O)=C(Cl)/C(=C\O)C1.CN1CCC(=O)CC1.Cl.O=P(Cl)(Cl)Cl. The molecule has 1 saturated heterocycles. The van der Waals surface area contributed by atoms with Gasteiger partial charge in [0.15, 0.2) is 0 Å². The van der Waals surface area contributed by atoms with E-state index in [0.29, 0.717) is 35.1 Å². The number of hydrogen-bond donors (Lipinski definition) is 2. The van der Waals surface area contributed by atoms with Crippen LogP contribution in [-0.4, -0.2) is 92.3 Å². The standard InChI is InChI=1S/C15H17ClN2.C8H10ClNO2.C6H11NO.Cl3OP.ClH/c1-3-12-10-18(2)11-13(15(12)16)9-17-14-7-5-4-6-8-14;1-10-2-6(4-11)8(9)7(3-10)5-12;1-7-4-2-6(8)3-5-7;1-5(2,3)4;/h3-9,17H,1,10-11H2,2H3;4-5,11H,2-3H2,1H3;2-5H2,1H3;;1H/b13-9+;6-4-;;;. The lowest BCUT2D eigenvalue weighted by Crippen LogP contribution is -2.29. The van der Waals surface area contributed by atoms with E-state index < -0.39 is 5.20 Å². The van der Waals surface area contributed by atoms with Gasteiger partial charge in [-0.15, -0.1) is 12.4 Å². The fourth-order valence-corrected chi connectivity index (χ4v) is 4.45. The highest BCUT2D eigenvalue weighted by molar-refractivity contribution is 8.24. The average molecular weight is 751 g/mol. The second-order valence-corrected chi connectivity index (χ2v) is 17.3. The molecule has 0 bridgehead atoms. The minimum atomic E-state index is -3.22. The zero-order valence-corrected chi connectivity index (χ0v) is 30.3. The van der Waals surface area contributed by atoms with Crippen molar-refractivity contribution in [1.82, 2.24) is 14.7 Å². The van der Waals surface area contributed by atoms with Crippen molar-refractivity contribution in [3.63, 3.8) is 0 Å². The molecule has 0 unspecified atom stereocenters. The summed E-state index contributed by atoms with van der Waals surface area (Å²) in [6.45, 7) is 8.53. The van der Waals surface area contributed by atoms with E-state index >= 15 is 0 Å². The number of likely N-dealkylation sites (tertiary alicyclic amines) is 1. The molecule has 8 nitrogen and oxygen atoms in total. The molecule has 0 aliphatic carbocycles. The fraction of sp³-hybridized carbons (Fsp3) is 0.379. The van der Waals surface area contributed by atoms with E-state index in [1.807, 2.05) is 61.6 Å². The minimum absolute atomic E-state index is 0. The second-order valence-electron chi connectivity index (χ2n) is 9.92. The molecule has 0 amide bonds. The molecule has 3 heterocycles. The van der Waals surface area contributed by atoms with Gasteiger partial charge in [0.1, 0.15) is 12.1 Å². The Balaban J connectivity index is 0.000000615. The topological polar surface area (TPSA) is 93.2 Å². The van der Waals surface area contributed by atoms with Crippen LogP contribution >= 0.6 is 74.5 Å². The summed E-state index contributed by atoms with van der Waals surface area (Å²) in [5.41, 5.74) is 4.33. The monoisotopic (exact) mass is 748 g/mol. The molecule has 1 aromatic carbocycles. The summed E-state index contributed by atoms with van der Waals surface area (Å²) >= 11 is 26.0. The quantitative estimate of drug-likeness (QED) is 0.181. The van der Waals surface area contributed by atoms with Crippen molar-refractivity contribution < 1.29 is 19.3 Å².